The lowest BCUT2D eigenvalue weighted by Gasteiger charge is -2.25. The Bertz CT molecular complexity index is 1550. The molecular weight excluding hydrogens is 498 g/mol. The molecule has 1 aliphatic rings. The van der Waals surface area contributed by atoms with Gasteiger partial charge in [-0.2, -0.15) is 18.2 Å². The van der Waals surface area contributed by atoms with Crippen LogP contribution in [0.15, 0.2) is 36.7 Å². The minimum atomic E-state index is -4.57. The lowest BCUT2D eigenvalue weighted by Crippen LogP contribution is -2.26. The summed E-state index contributed by atoms with van der Waals surface area (Å²) < 4.78 is 111. The number of hydrogen-bond donors (Lipinski definition) is 0. The highest BCUT2D eigenvalue weighted by atomic mass is 19.4. The molecule has 0 atom stereocenters. The number of nitrogens with zero attached hydrogens (tertiary/aromatic N) is 5. The van der Waals surface area contributed by atoms with Gasteiger partial charge >= 0.3 is 6.18 Å². The average Bonchev–Trinajstić information content (AvgIpc) is 3.45. The van der Waals surface area contributed by atoms with Crippen molar-refractivity contribution in [1.82, 2.24) is 19.6 Å². The Kier molecular flexibility index (Phi) is 5.50. The fourth-order valence-corrected chi connectivity index (χ4v) is 3.86. The summed E-state index contributed by atoms with van der Waals surface area (Å²) in [6.07, 6.45) is -6.89. The largest absolute Gasteiger partial charge is 0.405 e. The maximum absolute atomic E-state index is 14.7. The summed E-state index contributed by atoms with van der Waals surface area (Å²) in [7, 11) is 0. The van der Waals surface area contributed by atoms with E-state index in [1.807, 2.05) is 0 Å². The summed E-state index contributed by atoms with van der Waals surface area (Å²) >= 11 is 0. The van der Waals surface area contributed by atoms with Gasteiger partial charge in [0, 0.05) is 22.7 Å². The van der Waals surface area contributed by atoms with E-state index in [0.717, 1.165) is 39.9 Å². The van der Waals surface area contributed by atoms with Crippen molar-refractivity contribution in [2.75, 3.05) is 11.4 Å². The highest BCUT2D eigenvalue weighted by molar-refractivity contribution is 5.94. The van der Waals surface area contributed by atoms with E-state index in [4.69, 9.17) is 0 Å². The first-order valence-electron chi connectivity index (χ1n) is 10.4. The fraction of sp³-hybridized carbons (Fsp3) is 0.261. The Balaban J connectivity index is 1.69. The van der Waals surface area contributed by atoms with Gasteiger partial charge in [-0.05, 0) is 37.1 Å². The molecule has 1 saturated carbocycles. The molecule has 0 bridgehead atoms. The second kappa shape index (κ2) is 8.32. The third kappa shape index (κ3) is 4.16. The van der Waals surface area contributed by atoms with Gasteiger partial charge in [-0.1, -0.05) is 11.8 Å². The van der Waals surface area contributed by atoms with E-state index in [9.17, 15) is 35.1 Å². The van der Waals surface area contributed by atoms with E-state index in [2.05, 4.69) is 27.0 Å². The number of hydrogen-bond acceptors (Lipinski definition) is 4. The predicted molar refractivity (Wildman–Crippen MR) is 112 cm³/mol. The number of rotatable bonds is 4. The van der Waals surface area contributed by atoms with Crippen molar-refractivity contribution in [3.05, 3.63) is 59.7 Å². The molecule has 0 unspecified atom stereocenters. The van der Waals surface area contributed by atoms with E-state index < -0.39 is 42.0 Å². The Hall–Kier alpha value is -3.95. The predicted octanol–water partition coefficient (Wildman–Crippen LogP) is 5.79. The average molecular weight is 511 g/mol. The van der Waals surface area contributed by atoms with E-state index in [0.29, 0.717) is 6.07 Å². The normalized spacial score (nSPS) is 14.8. The zero-order valence-corrected chi connectivity index (χ0v) is 17.9. The van der Waals surface area contributed by atoms with Gasteiger partial charge in [-0.25, -0.2) is 22.0 Å². The van der Waals surface area contributed by atoms with Crippen LogP contribution < -0.4 is 4.90 Å². The molecule has 1 aliphatic carbocycles. The van der Waals surface area contributed by atoms with Crippen LogP contribution in [0.5, 0.6) is 0 Å². The second-order valence-corrected chi connectivity index (χ2v) is 8.25. The van der Waals surface area contributed by atoms with E-state index >= 15 is 0 Å². The van der Waals surface area contributed by atoms with Crippen molar-refractivity contribution in [3.63, 3.8) is 0 Å². The topological polar surface area (TPSA) is 46.3 Å². The van der Waals surface area contributed by atoms with Gasteiger partial charge in [0.05, 0.1) is 12.1 Å². The van der Waals surface area contributed by atoms with Crippen LogP contribution in [0, 0.1) is 34.7 Å². The maximum atomic E-state index is 14.7. The van der Waals surface area contributed by atoms with E-state index in [1.165, 1.54) is 0 Å². The van der Waals surface area contributed by atoms with Crippen molar-refractivity contribution >= 4 is 28.2 Å². The second-order valence-electron chi connectivity index (χ2n) is 8.25. The van der Waals surface area contributed by atoms with Crippen molar-refractivity contribution in [3.8, 4) is 11.8 Å². The quantitative estimate of drug-likeness (QED) is 0.257. The minimum absolute atomic E-state index is 0.200. The highest BCUT2D eigenvalue weighted by Gasteiger charge is 2.62. The minimum Gasteiger partial charge on any atom is -0.320 e. The molecule has 0 radical (unpaired) electrons. The zero-order chi connectivity index (χ0) is 25.8. The molecule has 0 N–H and O–H groups in total. The van der Waals surface area contributed by atoms with Crippen LogP contribution in [0.4, 0.5) is 46.6 Å². The van der Waals surface area contributed by atoms with E-state index in [1.54, 1.807) is 0 Å². The Labute approximate surface area is 197 Å². The van der Waals surface area contributed by atoms with Crippen LogP contribution in [0.2, 0.25) is 0 Å². The molecule has 5 rings (SSSR count). The van der Waals surface area contributed by atoms with Crippen LogP contribution in [0.1, 0.15) is 18.4 Å². The molecule has 5 nitrogen and oxygen atoms in total. The molecule has 2 aromatic carbocycles. The molecule has 0 aliphatic heterocycles. The van der Waals surface area contributed by atoms with Gasteiger partial charge in [0.2, 0.25) is 0 Å². The van der Waals surface area contributed by atoms with Crippen LogP contribution in [-0.2, 0) is 0 Å². The number of anilines is 2. The summed E-state index contributed by atoms with van der Waals surface area (Å²) in [5.74, 6) is 0.756. The van der Waals surface area contributed by atoms with Crippen molar-refractivity contribution in [2.45, 2.75) is 25.4 Å². The van der Waals surface area contributed by atoms with Gasteiger partial charge in [0.1, 0.15) is 29.2 Å². The molecule has 2 heterocycles. The summed E-state index contributed by atoms with van der Waals surface area (Å²) in [5, 5.41) is 7.05. The third-order valence-corrected chi connectivity index (χ3v) is 5.75. The number of aromatic nitrogens is 4. The summed E-state index contributed by atoms with van der Waals surface area (Å²) in [5.41, 5.74) is -2.92. The van der Waals surface area contributed by atoms with Crippen molar-refractivity contribution in [2.24, 2.45) is 5.41 Å². The van der Waals surface area contributed by atoms with Gasteiger partial charge in [0.25, 0.3) is 12.2 Å². The molecule has 186 valence electrons. The number of alkyl halides is 5. The molecule has 0 amide bonds. The molecule has 0 saturated heterocycles. The first-order chi connectivity index (χ1) is 17.0. The van der Waals surface area contributed by atoms with Gasteiger partial charge in [-0.15, -0.1) is 10.2 Å². The lowest BCUT2D eigenvalue weighted by atomic mass is 10.1. The molecule has 36 heavy (non-hydrogen) atoms. The smallest absolute Gasteiger partial charge is 0.320 e. The molecular formula is C23H13F8N5. The first-order valence-corrected chi connectivity index (χ1v) is 10.4. The first kappa shape index (κ1) is 23.8. The summed E-state index contributed by atoms with van der Waals surface area (Å²) in [6.45, 7) is -1.09. The Morgan fingerprint density at radius 1 is 1.03 bits per heavy atom. The lowest BCUT2D eigenvalue weighted by molar-refractivity contribution is -0.168. The SMILES string of the molecule is Fc1cc(C#CC2(C(F)(F)F)CC2)cc(N(CC(F)F)c2nc3nncn3c3c(F)cc(F)cc23)c1. The van der Waals surface area contributed by atoms with Gasteiger partial charge in [0.15, 0.2) is 5.82 Å². The summed E-state index contributed by atoms with van der Waals surface area (Å²) in [6, 6.07) is 4.23. The van der Waals surface area contributed by atoms with Crippen LogP contribution in [0.3, 0.4) is 0 Å². The maximum Gasteiger partial charge on any atom is 0.405 e. The molecule has 0 spiro atoms. The van der Waals surface area contributed by atoms with E-state index in [-0.39, 0.29) is 46.6 Å². The van der Waals surface area contributed by atoms with Crippen LogP contribution in [-0.4, -0.2) is 38.7 Å². The van der Waals surface area contributed by atoms with Gasteiger partial charge < -0.3 is 4.90 Å². The van der Waals surface area contributed by atoms with Crippen LogP contribution >= 0.6 is 0 Å². The number of fused-ring (bicyclic) bond motifs is 3. The Morgan fingerprint density at radius 2 is 1.75 bits per heavy atom. The summed E-state index contributed by atoms with van der Waals surface area (Å²) in [4.78, 5) is 4.90. The van der Waals surface area contributed by atoms with Gasteiger partial charge in [-0.3, -0.25) is 4.40 Å². The number of halogens is 8. The van der Waals surface area contributed by atoms with Crippen LogP contribution in [0.25, 0.3) is 16.7 Å². The molecule has 13 heteroatoms. The zero-order valence-electron chi connectivity index (χ0n) is 17.9. The molecule has 1 fully saturated rings. The Morgan fingerprint density at radius 3 is 2.42 bits per heavy atom. The third-order valence-electron chi connectivity index (χ3n) is 5.75. The highest BCUT2D eigenvalue weighted by Crippen LogP contribution is 2.57. The molecule has 2 aromatic heterocycles. The monoisotopic (exact) mass is 511 g/mol. The fourth-order valence-electron chi connectivity index (χ4n) is 3.86. The molecule has 4 aromatic rings. The van der Waals surface area contributed by atoms with Crippen molar-refractivity contribution < 1.29 is 35.1 Å². The van der Waals surface area contributed by atoms with Crippen molar-refractivity contribution in [1.29, 1.82) is 0 Å². The number of benzene rings is 2. The standard InChI is InChI=1S/C23H13F8N5/c24-13-5-12(1-2-22(3-4-22)23(29,30)31)6-15(7-13)35(10-18(27)28)20-16-8-14(25)9-17(26)19(16)36-11-32-34-21(36)33-20/h5-9,11,18H,3-4,10H2.